The number of amides is 1. The molecule has 1 amide bonds. The molecule has 0 spiro atoms. The molecule has 0 heterocycles. The molecular weight excluding hydrogens is 370 g/mol. The van der Waals surface area contributed by atoms with E-state index in [1.165, 1.54) is 12.3 Å². The summed E-state index contributed by atoms with van der Waals surface area (Å²) >= 11 is 9.07. The van der Waals surface area contributed by atoms with Crippen LogP contribution in [0.15, 0.2) is 52.0 Å². The van der Waals surface area contributed by atoms with E-state index in [2.05, 4.69) is 31.8 Å². The number of halogens is 2. The summed E-state index contributed by atoms with van der Waals surface area (Å²) in [5, 5.41) is 17.0. The summed E-state index contributed by atoms with van der Waals surface area (Å²) in [5.74, 6) is -0.221. The standard InChI is InChI=1S/C15H13BrClN3O2/c16-11-1-6-14(21)10(7-11)8-19-20-15(22)9-18-13-4-2-12(17)3-5-13/h1-8,18,21H,9H2,(H,20,22)/b19-8+. The monoisotopic (exact) mass is 381 g/mol. The Hall–Kier alpha value is -2.05. The highest BCUT2D eigenvalue weighted by molar-refractivity contribution is 9.10. The summed E-state index contributed by atoms with van der Waals surface area (Å²) in [6.45, 7) is 0.0729. The lowest BCUT2D eigenvalue weighted by Crippen LogP contribution is -2.25. The first-order chi connectivity index (χ1) is 10.5. The van der Waals surface area contributed by atoms with Crippen molar-refractivity contribution in [2.24, 2.45) is 5.10 Å². The average Bonchev–Trinajstić information content (AvgIpc) is 2.50. The topological polar surface area (TPSA) is 73.7 Å². The molecule has 0 fully saturated rings. The summed E-state index contributed by atoms with van der Waals surface area (Å²) in [5.41, 5.74) is 3.66. The van der Waals surface area contributed by atoms with E-state index >= 15 is 0 Å². The molecule has 2 aromatic carbocycles. The van der Waals surface area contributed by atoms with Gasteiger partial charge in [0.2, 0.25) is 0 Å². The van der Waals surface area contributed by atoms with E-state index in [-0.39, 0.29) is 18.2 Å². The van der Waals surface area contributed by atoms with Crippen LogP contribution in [-0.4, -0.2) is 23.8 Å². The summed E-state index contributed by atoms with van der Waals surface area (Å²) in [6, 6.07) is 12.0. The fourth-order valence-corrected chi connectivity index (χ4v) is 2.10. The Labute approximate surface area is 141 Å². The van der Waals surface area contributed by atoms with Crippen molar-refractivity contribution in [3.05, 3.63) is 57.5 Å². The summed E-state index contributed by atoms with van der Waals surface area (Å²) in [7, 11) is 0. The molecule has 2 rings (SSSR count). The molecule has 7 heteroatoms. The van der Waals surface area contributed by atoms with E-state index in [9.17, 15) is 9.90 Å². The van der Waals surface area contributed by atoms with Crippen molar-refractivity contribution in [2.75, 3.05) is 11.9 Å². The van der Waals surface area contributed by atoms with Gasteiger partial charge in [-0.3, -0.25) is 4.79 Å². The number of nitrogens with one attached hydrogen (secondary N) is 2. The Kier molecular flexibility index (Phi) is 5.80. The molecular formula is C15H13BrClN3O2. The fourth-order valence-electron chi connectivity index (χ4n) is 1.59. The first-order valence-electron chi connectivity index (χ1n) is 6.34. The first-order valence-corrected chi connectivity index (χ1v) is 7.51. The number of nitrogens with zero attached hydrogens (tertiary/aromatic N) is 1. The third-order valence-corrected chi connectivity index (χ3v) is 3.42. The maximum Gasteiger partial charge on any atom is 0.259 e. The second kappa shape index (κ2) is 7.82. The van der Waals surface area contributed by atoms with Crippen LogP contribution in [-0.2, 0) is 4.79 Å². The van der Waals surface area contributed by atoms with Gasteiger partial charge in [0.15, 0.2) is 0 Å². The summed E-state index contributed by atoms with van der Waals surface area (Å²) in [4.78, 5) is 11.6. The number of rotatable bonds is 5. The van der Waals surface area contributed by atoms with E-state index in [1.54, 1.807) is 36.4 Å². The van der Waals surface area contributed by atoms with Crippen molar-refractivity contribution in [3.8, 4) is 5.75 Å². The minimum absolute atomic E-state index is 0.0729. The minimum Gasteiger partial charge on any atom is -0.507 e. The maximum absolute atomic E-state index is 11.6. The van der Waals surface area contributed by atoms with Crippen molar-refractivity contribution in [1.82, 2.24) is 5.43 Å². The number of hydrogen-bond donors (Lipinski definition) is 3. The highest BCUT2D eigenvalue weighted by Crippen LogP contribution is 2.19. The van der Waals surface area contributed by atoms with Crippen molar-refractivity contribution in [2.45, 2.75) is 0 Å². The van der Waals surface area contributed by atoms with Crippen LogP contribution in [0.5, 0.6) is 5.75 Å². The van der Waals surface area contributed by atoms with Gasteiger partial charge in [0.05, 0.1) is 12.8 Å². The average molecular weight is 383 g/mol. The molecule has 114 valence electrons. The van der Waals surface area contributed by atoms with E-state index in [0.717, 1.165) is 10.2 Å². The van der Waals surface area contributed by atoms with Crippen LogP contribution in [0, 0.1) is 0 Å². The molecule has 0 saturated heterocycles. The van der Waals surface area contributed by atoms with Gasteiger partial charge in [0.1, 0.15) is 5.75 Å². The van der Waals surface area contributed by atoms with Gasteiger partial charge in [0, 0.05) is 20.7 Å². The number of carbonyl (C=O) groups is 1. The van der Waals surface area contributed by atoms with E-state index in [1.807, 2.05) is 0 Å². The van der Waals surface area contributed by atoms with Crippen LogP contribution >= 0.6 is 27.5 Å². The van der Waals surface area contributed by atoms with Crippen LogP contribution < -0.4 is 10.7 Å². The maximum atomic E-state index is 11.6. The second-order valence-corrected chi connectivity index (χ2v) is 5.71. The van der Waals surface area contributed by atoms with Gasteiger partial charge in [-0.25, -0.2) is 5.43 Å². The summed E-state index contributed by atoms with van der Waals surface area (Å²) < 4.78 is 0.808. The SMILES string of the molecule is O=C(CNc1ccc(Cl)cc1)N/N=C/c1cc(Br)ccc1O. The molecule has 0 aliphatic rings. The van der Waals surface area contributed by atoms with Gasteiger partial charge in [-0.1, -0.05) is 27.5 Å². The predicted molar refractivity (Wildman–Crippen MR) is 91.5 cm³/mol. The third-order valence-electron chi connectivity index (χ3n) is 2.68. The highest BCUT2D eigenvalue weighted by Gasteiger charge is 2.01. The molecule has 0 aliphatic heterocycles. The van der Waals surface area contributed by atoms with Crippen LogP contribution in [0.25, 0.3) is 0 Å². The lowest BCUT2D eigenvalue weighted by Gasteiger charge is -2.05. The first kappa shape index (κ1) is 16.3. The van der Waals surface area contributed by atoms with Crippen molar-refractivity contribution in [3.63, 3.8) is 0 Å². The van der Waals surface area contributed by atoms with Crippen molar-refractivity contribution in [1.29, 1.82) is 0 Å². The van der Waals surface area contributed by atoms with Crippen molar-refractivity contribution >= 4 is 45.3 Å². The van der Waals surface area contributed by atoms with Crippen LogP contribution in [0.3, 0.4) is 0 Å². The van der Waals surface area contributed by atoms with Gasteiger partial charge in [-0.05, 0) is 42.5 Å². The van der Waals surface area contributed by atoms with E-state index in [4.69, 9.17) is 11.6 Å². The molecule has 5 nitrogen and oxygen atoms in total. The zero-order chi connectivity index (χ0) is 15.9. The molecule has 3 N–H and O–H groups in total. The Bertz CT molecular complexity index is 690. The number of anilines is 1. The Morgan fingerprint density at radius 3 is 2.73 bits per heavy atom. The predicted octanol–water partition coefficient (Wildman–Crippen LogP) is 3.37. The second-order valence-electron chi connectivity index (χ2n) is 4.36. The van der Waals surface area contributed by atoms with Crippen LogP contribution in [0.4, 0.5) is 5.69 Å². The lowest BCUT2D eigenvalue weighted by atomic mass is 10.2. The third kappa shape index (κ3) is 5.05. The minimum atomic E-state index is -0.305. The Balaban J connectivity index is 1.83. The largest absolute Gasteiger partial charge is 0.507 e. The zero-order valence-electron chi connectivity index (χ0n) is 11.4. The number of aromatic hydroxyl groups is 1. The number of benzene rings is 2. The fraction of sp³-hybridized carbons (Fsp3) is 0.0667. The number of hydrogen-bond acceptors (Lipinski definition) is 4. The van der Waals surface area contributed by atoms with Gasteiger partial charge < -0.3 is 10.4 Å². The molecule has 0 atom stereocenters. The van der Waals surface area contributed by atoms with Gasteiger partial charge in [-0.15, -0.1) is 0 Å². The molecule has 22 heavy (non-hydrogen) atoms. The Morgan fingerprint density at radius 1 is 1.27 bits per heavy atom. The lowest BCUT2D eigenvalue weighted by molar-refractivity contribution is -0.119. The van der Waals surface area contributed by atoms with E-state index in [0.29, 0.717) is 10.6 Å². The number of phenols is 1. The molecule has 2 aromatic rings. The smallest absolute Gasteiger partial charge is 0.259 e. The van der Waals surface area contributed by atoms with Gasteiger partial charge in [-0.2, -0.15) is 5.10 Å². The molecule has 0 aromatic heterocycles. The summed E-state index contributed by atoms with van der Waals surface area (Å²) in [6.07, 6.45) is 1.38. The van der Waals surface area contributed by atoms with E-state index < -0.39 is 0 Å². The van der Waals surface area contributed by atoms with Gasteiger partial charge in [0.25, 0.3) is 5.91 Å². The Morgan fingerprint density at radius 2 is 2.00 bits per heavy atom. The van der Waals surface area contributed by atoms with Crippen LogP contribution in [0.1, 0.15) is 5.56 Å². The van der Waals surface area contributed by atoms with Crippen LogP contribution in [0.2, 0.25) is 5.02 Å². The highest BCUT2D eigenvalue weighted by atomic mass is 79.9. The van der Waals surface area contributed by atoms with Crippen molar-refractivity contribution < 1.29 is 9.90 Å². The normalized spacial score (nSPS) is 10.6. The molecule has 0 aliphatic carbocycles. The number of phenolic OH excluding ortho intramolecular Hbond substituents is 1. The molecule has 0 radical (unpaired) electrons. The quantitative estimate of drug-likeness (QED) is 0.548. The zero-order valence-corrected chi connectivity index (χ0v) is 13.7. The number of carbonyl (C=O) groups excluding carboxylic acids is 1. The molecule has 0 bridgehead atoms. The molecule has 0 saturated carbocycles. The molecule has 0 unspecified atom stereocenters. The van der Waals surface area contributed by atoms with Gasteiger partial charge >= 0.3 is 0 Å². The number of hydrazone groups is 1.